The van der Waals surface area contributed by atoms with Crippen LogP contribution < -0.4 is 0 Å². The van der Waals surface area contributed by atoms with Crippen molar-refractivity contribution in [3.63, 3.8) is 0 Å². The van der Waals surface area contributed by atoms with Crippen LogP contribution in [0.3, 0.4) is 0 Å². The maximum atomic E-state index is 6.83. The molecule has 0 amide bonds. The number of hydrogen-bond donors (Lipinski definition) is 0. The van der Waals surface area contributed by atoms with Gasteiger partial charge in [0.2, 0.25) is 0 Å². The van der Waals surface area contributed by atoms with E-state index in [0.29, 0.717) is 23.0 Å². The summed E-state index contributed by atoms with van der Waals surface area (Å²) in [6, 6.07) is 0. The highest BCUT2D eigenvalue weighted by molar-refractivity contribution is 5.17. The maximum Gasteiger partial charge on any atom is 0.0669 e. The molecule has 5 atom stereocenters. The van der Waals surface area contributed by atoms with Crippen LogP contribution in [-0.4, -0.2) is 12.2 Å². The Morgan fingerprint density at radius 1 is 0.818 bits per heavy atom. The molecule has 3 saturated carbocycles. The maximum absolute atomic E-state index is 6.83. The average Bonchev–Trinajstić information content (AvgIpc) is 3.08. The molecule has 0 N–H and O–H groups in total. The zero-order valence-corrected chi connectivity index (χ0v) is 15.1. The standard InChI is InChI=1S/C21H36O/c1-20(2)17-12-13-21(20,3)19-16(17)14-18(22-19)15-10-8-6-4-5-7-9-11-15/h15-19H,4-14H2,1-3H3. The van der Waals surface area contributed by atoms with Gasteiger partial charge in [0.15, 0.2) is 0 Å². The molecular weight excluding hydrogens is 268 g/mol. The Morgan fingerprint density at radius 2 is 1.45 bits per heavy atom. The van der Waals surface area contributed by atoms with Crippen LogP contribution >= 0.6 is 0 Å². The molecule has 0 aromatic carbocycles. The summed E-state index contributed by atoms with van der Waals surface area (Å²) in [5, 5.41) is 0. The second kappa shape index (κ2) is 5.50. The van der Waals surface area contributed by atoms with Gasteiger partial charge in [0.25, 0.3) is 0 Å². The summed E-state index contributed by atoms with van der Waals surface area (Å²) in [7, 11) is 0. The Balaban J connectivity index is 1.47. The minimum atomic E-state index is 0.454. The van der Waals surface area contributed by atoms with Crippen molar-refractivity contribution in [3.8, 4) is 0 Å². The van der Waals surface area contributed by atoms with Gasteiger partial charge in [-0.1, -0.05) is 59.3 Å². The van der Waals surface area contributed by atoms with Crippen molar-refractivity contribution in [1.82, 2.24) is 0 Å². The molecule has 2 bridgehead atoms. The van der Waals surface area contributed by atoms with Crippen LogP contribution in [-0.2, 0) is 4.74 Å². The van der Waals surface area contributed by atoms with Gasteiger partial charge in [-0.15, -0.1) is 0 Å². The largest absolute Gasteiger partial charge is 0.374 e. The van der Waals surface area contributed by atoms with Gasteiger partial charge < -0.3 is 4.74 Å². The summed E-state index contributed by atoms with van der Waals surface area (Å²) in [6.45, 7) is 7.60. The molecule has 0 aromatic rings. The number of fused-ring (bicyclic) bond motifs is 5. The van der Waals surface area contributed by atoms with Crippen LogP contribution in [0.2, 0.25) is 0 Å². The normalized spacial score (nSPS) is 48.7. The first-order valence-corrected chi connectivity index (χ1v) is 10.2. The quantitative estimate of drug-likeness (QED) is 0.580. The third-order valence-corrected chi connectivity index (χ3v) is 8.66. The van der Waals surface area contributed by atoms with Crippen molar-refractivity contribution in [3.05, 3.63) is 0 Å². The number of rotatable bonds is 1. The average molecular weight is 305 g/mol. The van der Waals surface area contributed by atoms with E-state index in [2.05, 4.69) is 20.8 Å². The minimum Gasteiger partial charge on any atom is -0.374 e. The second-order valence-electron chi connectivity index (χ2n) is 9.74. The van der Waals surface area contributed by atoms with Crippen LogP contribution in [0, 0.1) is 28.6 Å². The molecule has 5 unspecified atom stereocenters. The van der Waals surface area contributed by atoms with E-state index < -0.39 is 0 Å². The fraction of sp³-hybridized carbons (Fsp3) is 1.00. The predicted octanol–water partition coefficient (Wildman–Crippen LogP) is 5.97. The van der Waals surface area contributed by atoms with Gasteiger partial charge >= 0.3 is 0 Å². The molecule has 0 spiro atoms. The van der Waals surface area contributed by atoms with Crippen LogP contribution in [0.25, 0.3) is 0 Å². The zero-order chi connectivity index (χ0) is 15.4. The van der Waals surface area contributed by atoms with Crippen LogP contribution in [0.5, 0.6) is 0 Å². The third kappa shape index (κ3) is 2.14. The molecule has 1 heterocycles. The van der Waals surface area contributed by atoms with Crippen molar-refractivity contribution in [2.24, 2.45) is 28.6 Å². The Kier molecular flexibility index (Phi) is 3.87. The van der Waals surface area contributed by atoms with E-state index in [1.165, 1.54) is 70.6 Å². The van der Waals surface area contributed by atoms with Gasteiger partial charge in [-0.25, -0.2) is 0 Å². The van der Waals surface area contributed by atoms with Crippen molar-refractivity contribution in [2.75, 3.05) is 0 Å². The van der Waals surface area contributed by atoms with Crippen molar-refractivity contribution < 1.29 is 4.74 Å². The molecule has 1 aliphatic heterocycles. The fourth-order valence-electron chi connectivity index (χ4n) is 6.89. The van der Waals surface area contributed by atoms with E-state index in [0.717, 1.165) is 17.8 Å². The first-order chi connectivity index (χ1) is 10.5. The summed E-state index contributed by atoms with van der Waals surface area (Å²) in [6.07, 6.45) is 17.1. The third-order valence-electron chi connectivity index (χ3n) is 8.66. The molecule has 1 heteroatoms. The van der Waals surface area contributed by atoms with Crippen LogP contribution in [0.15, 0.2) is 0 Å². The first kappa shape index (κ1) is 15.5. The lowest BCUT2D eigenvalue weighted by atomic mass is 9.70. The van der Waals surface area contributed by atoms with E-state index in [4.69, 9.17) is 4.74 Å². The molecule has 126 valence electrons. The molecule has 22 heavy (non-hydrogen) atoms. The van der Waals surface area contributed by atoms with Crippen molar-refractivity contribution in [2.45, 2.75) is 104 Å². The minimum absolute atomic E-state index is 0.454. The number of ether oxygens (including phenoxy) is 1. The highest BCUT2D eigenvalue weighted by Crippen LogP contribution is 2.71. The Hall–Kier alpha value is -0.0400. The zero-order valence-electron chi connectivity index (χ0n) is 15.1. The van der Waals surface area contributed by atoms with Gasteiger partial charge in [0, 0.05) is 0 Å². The highest BCUT2D eigenvalue weighted by Gasteiger charge is 2.69. The van der Waals surface area contributed by atoms with Crippen molar-refractivity contribution >= 4 is 0 Å². The summed E-state index contributed by atoms with van der Waals surface area (Å²) >= 11 is 0. The summed E-state index contributed by atoms with van der Waals surface area (Å²) in [5.41, 5.74) is 0.960. The van der Waals surface area contributed by atoms with Crippen LogP contribution in [0.4, 0.5) is 0 Å². The lowest BCUT2D eigenvalue weighted by molar-refractivity contribution is -0.0734. The van der Waals surface area contributed by atoms with E-state index >= 15 is 0 Å². The lowest BCUT2D eigenvalue weighted by Gasteiger charge is -2.39. The SMILES string of the molecule is CC1(C)C2CCC1(C)C1OC(C3CCCCCCCC3)CC21. The Bertz CT molecular complexity index is 404. The Labute approximate surface area is 137 Å². The predicted molar refractivity (Wildman–Crippen MR) is 91.8 cm³/mol. The van der Waals surface area contributed by atoms with Gasteiger partial charge in [-0.3, -0.25) is 0 Å². The molecule has 3 aliphatic carbocycles. The Morgan fingerprint density at radius 3 is 2.09 bits per heavy atom. The molecule has 0 aromatic heterocycles. The molecular formula is C21H36O. The van der Waals surface area contributed by atoms with Gasteiger partial charge in [-0.2, -0.15) is 0 Å². The fourth-order valence-corrected chi connectivity index (χ4v) is 6.89. The monoisotopic (exact) mass is 304 g/mol. The molecule has 4 fully saturated rings. The lowest BCUT2D eigenvalue weighted by Crippen LogP contribution is -2.38. The molecule has 0 radical (unpaired) electrons. The number of hydrogen-bond acceptors (Lipinski definition) is 1. The van der Waals surface area contributed by atoms with E-state index in [-0.39, 0.29) is 0 Å². The first-order valence-electron chi connectivity index (χ1n) is 10.2. The van der Waals surface area contributed by atoms with Crippen LogP contribution in [0.1, 0.15) is 91.4 Å². The summed E-state index contributed by atoms with van der Waals surface area (Å²) in [5.74, 6) is 2.69. The van der Waals surface area contributed by atoms with Crippen molar-refractivity contribution in [1.29, 1.82) is 0 Å². The topological polar surface area (TPSA) is 9.23 Å². The summed E-state index contributed by atoms with van der Waals surface area (Å²) < 4.78 is 6.83. The molecule has 4 rings (SSSR count). The van der Waals surface area contributed by atoms with Gasteiger partial charge in [0.1, 0.15) is 0 Å². The van der Waals surface area contributed by atoms with Gasteiger partial charge in [0.05, 0.1) is 12.2 Å². The second-order valence-corrected chi connectivity index (χ2v) is 9.74. The van der Waals surface area contributed by atoms with E-state index in [1.807, 2.05) is 0 Å². The molecule has 1 nitrogen and oxygen atoms in total. The molecule has 4 aliphatic rings. The smallest absolute Gasteiger partial charge is 0.0669 e. The van der Waals surface area contributed by atoms with E-state index in [1.54, 1.807) is 0 Å². The van der Waals surface area contributed by atoms with Gasteiger partial charge in [-0.05, 0) is 60.7 Å². The molecule has 1 saturated heterocycles. The van der Waals surface area contributed by atoms with E-state index in [9.17, 15) is 0 Å². The highest BCUT2D eigenvalue weighted by atomic mass is 16.5. The summed E-state index contributed by atoms with van der Waals surface area (Å²) in [4.78, 5) is 0.